The van der Waals surface area contributed by atoms with Gasteiger partial charge in [0.05, 0.1) is 10.4 Å². The molecular weight excluding hydrogens is 286 g/mol. The van der Waals surface area contributed by atoms with E-state index in [9.17, 15) is 0 Å². The van der Waals surface area contributed by atoms with Gasteiger partial charge in [0.15, 0.2) is 5.58 Å². The number of ether oxygens (including phenoxy) is 1. The SMILES string of the molecule is CCc1ccc2c(c1)CC(c1noc3cccc(Cl)c13)O2. The summed E-state index contributed by atoms with van der Waals surface area (Å²) >= 11 is 6.29. The van der Waals surface area contributed by atoms with E-state index >= 15 is 0 Å². The second-order valence-electron chi connectivity index (χ2n) is 5.29. The van der Waals surface area contributed by atoms with Crippen LogP contribution in [0.1, 0.15) is 29.8 Å². The standard InChI is InChI=1S/C17H14ClNO2/c1-2-10-6-7-13-11(8-10)9-15(20-13)17-16-12(18)4-3-5-14(16)21-19-17/h3-8,15H,2,9H2,1H3. The highest BCUT2D eigenvalue weighted by molar-refractivity contribution is 6.35. The molecule has 4 rings (SSSR count). The van der Waals surface area contributed by atoms with Crippen LogP contribution in [0.5, 0.6) is 5.75 Å². The highest BCUT2D eigenvalue weighted by atomic mass is 35.5. The van der Waals surface area contributed by atoms with Gasteiger partial charge < -0.3 is 9.26 Å². The van der Waals surface area contributed by atoms with Crippen LogP contribution < -0.4 is 4.74 Å². The van der Waals surface area contributed by atoms with Crippen molar-refractivity contribution < 1.29 is 9.26 Å². The monoisotopic (exact) mass is 299 g/mol. The highest BCUT2D eigenvalue weighted by Gasteiger charge is 2.29. The van der Waals surface area contributed by atoms with Crippen LogP contribution in [0, 0.1) is 0 Å². The number of hydrogen-bond acceptors (Lipinski definition) is 3. The molecule has 0 saturated heterocycles. The maximum absolute atomic E-state index is 6.29. The van der Waals surface area contributed by atoms with Crippen LogP contribution in [0.25, 0.3) is 11.0 Å². The van der Waals surface area contributed by atoms with E-state index in [-0.39, 0.29) is 6.10 Å². The van der Waals surface area contributed by atoms with Gasteiger partial charge in [-0.05, 0) is 35.7 Å². The number of halogens is 1. The quantitative estimate of drug-likeness (QED) is 0.687. The van der Waals surface area contributed by atoms with Crippen LogP contribution in [-0.2, 0) is 12.8 Å². The third-order valence-corrected chi connectivity index (χ3v) is 4.30. The van der Waals surface area contributed by atoms with Crippen molar-refractivity contribution in [1.29, 1.82) is 0 Å². The lowest BCUT2D eigenvalue weighted by atomic mass is 10.0. The van der Waals surface area contributed by atoms with Crippen LogP contribution in [0.4, 0.5) is 0 Å². The zero-order chi connectivity index (χ0) is 14.4. The van der Waals surface area contributed by atoms with E-state index in [4.69, 9.17) is 20.9 Å². The fourth-order valence-electron chi connectivity index (χ4n) is 2.87. The number of aryl methyl sites for hydroxylation is 1. The Hall–Kier alpha value is -2.00. The van der Waals surface area contributed by atoms with Crippen LogP contribution in [0.2, 0.25) is 5.02 Å². The van der Waals surface area contributed by atoms with E-state index in [0.29, 0.717) is 10.6 Å². The van der Waals surface area contributed by atoms with Gasteiger partial charge in [-0.25, -0.2) is 0 Å². The molecule has 4 heteroatoms. The highest BCUT2D eigenvalue weighted by Crippen LogP contribution is 2.40. The van der Waals surface area contributed by atoms with Crippen molar-refractivity contribution >= 4 is 22.6 Å². The first-order chi connectivity index (χ1) is 10.3. The van der Waals surface area contributed by atoms with E-state index in [1.165, 1.54) is 11.1 Å². The second-order valence-corrected chi connectivity index (χ2v) is 5.69. The molecule has 0 N–H and O–H groups in total. The Kier molecular flexibility index (Phi) is 2.89. The molecule has 1 unspecified atom stereocenters. The van der Waals surface area contributed by atoms with Gasteiger partial charge in [0.25, 0.3) is 0 Å². The maximum atomic E-state index is 6.29. The summed E-state index contributed by atoms with van der Waals surface area (Å²) in [4.78, 5) is 0. The third kappa shape index (κ3) is 2.00. The normalized spacial score (nSPS) is 17.0. The molecule has 1 aromatic heterocycles. The number of hydrogen-bond donors (Lipinski definition) is 0. The number of fused-ring (bicyclic) bond motifs is 2. The average molecular weight is 300 g/mol. The van der Waals surface area contributed by atoms with Crippen molar-refractivity contribution in [2.24, 2.45) is 0 Å². The first-order valence-electron chi connectivity index (χ1n) is 7.08. The lowest BCUT2D eigenvalue weighted by Crippen LogP contribution is -2.04. The molecule has 1 aliphatic rings. The summed E-state index contributed by atoms with van der Waals surface area (Å²) in [6.45, 7) is 2.15. The molecule has 1 aliphatic heterocycles. The summed E-state index contributed by atoms with van der Waals surface area (Å²) in [5.74, 6) is 0.931. The van der Waals surface area contributed by atoms with Crippen LogP contribution >= 0.6 is 11.6 Å². The number of benzene rings is 2. The predicted octanol–water partition coefficient (Wildman–Crippen LogP) is 4.72. The minimum absolute atomic E-state index is 0.131. The Morgan fingerprint density at radius 3 is 3.05 bits per heavy atom. The van der Waals surface area contributed by atoms with Gasteiger partial charge in [-0.2, -0.15) is 0 Å². The molecule has 0 spiro atoms. The first kappa shape index (κ1) is 12.7. The minimum atomic E-state index is -0.131. The molecule has 21 heavy (non-hydrogen) atoms. The fraction of sp³-hybridized carbons (Fsp3) is 0.235. The molecule has 0 bridgehead atoms. The molecule has 3 nitrogen and oxygen atoms in total. The summed E-state index contributed by atoms with van der Waals surface area (Å²) in [5, 5.41) is 5.68. The molecule has 0 fully saturated rings. The smallest absolute Gasteiger partial charge is 0.168 e. The summed E-state index contributed by atoms with van der Waals surface area (Å²) in [6.07, 6.45) is 1.69. The molecule has 106 valence electrons. The Morgan fingerprint density at radius 1 is 1.29 bits per heavy atom. The Bertz CT molecular complexity index is 825. The number of nitrogens with zero attached hydrogens (tertiary/aromatic N) is 1. The van der Waals surface area contributed by atoms with Gasteiger partial charge in [-0.3, -0.25) is 0 Å². The molecule has 0 radical (unpaired) electrons. The van der Waals surface area contributed by atoms with Crippen molar-refractivity contribution in [2.45, 2.75) is 25.9 Å². The van der Waals surface area contributed by atoms with Gasteiger partial charge in [-0.1, -0.05) is 41.9 Å². The molecule has 0 saturated carbocycles. The van der Waals surface area contributed by atoms with E-state index in [2.05, 4.69) is 24.2 Å². The van der Waals surface area contributed by atoms with E-state index in [1.807, 2.05) is 24.3 Å². The van der Waals surface area contributed by atoms with Gasteiger partial charge in [-0.15, -0.1) is 0 Å². The van der Waals surface area contributed by atoms with Crippen molar-refractivity contribution in [3.05, 3.63) is 58.2 Å². The van der Waals surface area contributed by atoms with Crippen LogP contribution in [-0.4, -0.2) is 5.16 Å². The Morgan fingerprint density at radius 2 is 2.19 bits per heavy atom. The lowest BCUT2D eigenvalue weighted by molar-refractivity contribution is 0.227. The minimum Gasteiger partial charge on any atom is -0.483 e. The van der Waals surface area contributed by atoms with Crippen LogP contribution in [0.3, 0.4) is 0 Å². The summed E-state index contributed by atoms with van der Waals surface area (Å²) in [6, 6.07) is 11.9. The largest absolute Gasteiger partial charge is 0.483 e. The number of rotatable bonds is 2. The zero-order valence-electron chi connectivity index (χ0n) is 11.6. The lowest BCUT2D eigenvalue weighted by Gasteiger charge is -2.07. The molecule has 3 aromatic rings. The predicted molar refractivity (Wildman–Crippen MR) is 81.9 cm³/mol. The molecular formula is C17H14ClNO2. The van der Waals surface area contributed by atoms with Gasteiger partial charge in [0, 0.05) is 6.42 Å². The fourth-order valence-corrected chi connectivity index (χ4v) is 3.13. The van der Waals surface area contributed by atoms with Gasteiger partial charge >= 0.3 is 0 Å². The average Bonchev–Trinajstić information content (AvgIpc) is 3.10. The zero-order valence-corrected chi connectivity index (χ0v) is 12.4. The molecule has 1 atom stereocenters. The maximum Gasteiger partial charge on any atom is 0.168 e. The summed E-state index contributed by atoms with van der Waals surface area (Å²) < 4.78 is 11.4. The molecule has 0 amide bonds. The van der Waals surface area contributed by atoms with Crippen molar-refractivity contribution in [3.8, 4) is 5.75 Å². The van der Waals surface area contributed by atoms with Crippen molar-refractivity contribution in [2.75, 3.05) is 0 Å². The molecule has 0 aliphatic carbocycles. The van der Waals surface area contributed by atoms with E-state index < -0.39 is 0 Å². The van der Waals surface area contributed by atoms with E-state index in [0.717, 1.165) is 29.7 Å². The second kappa shape index (κ2) is 4.78. The summed E-state index contributed by atoms with van der Waals surface area (Å²) in [7, 11) is 0. The Labute approximate surface area is 127 Å². The van der Waals surface area contributed by atoms with Crippen LogP contribution in [0.15, 0.2) is 40.9 Å². The van der Waals surface area contributed by atoms with Crippen molar-refractivity contribution in [1.82, 2.24) is 5.16 Å². The van der Waals surface area contributed by atoms with E-state index in [1.54, 1.807) is 0 Å². The third-order valence-electron chi connectivity index (χ3n) is 3.99. The van der Waals surface area contributed by atoms with Crippen molar-refractivity contribution in [3.63, 3.8) is 0 Å². The molecule has 2 aromatic carbocycles. The Balaban J connectivity index is 1.75. The summed E-state index contributed by atoms with van der Waals surface area (Å²) in [5.41, 5.74) is 4.03. The number of aromatic nitrogens is 1. The topological polar surface area (TPSA) is 35.3 Å². The van der Waals surface area contributed by atoms with Gasteiger partial charge in [0.1, 0.15) is 17.5 Å². The van der Waals surface area contributed by atoms with Gasteiger partial charge in [0.2, 0.25) is 0 Å². The first-order valence-corrected chi connectivity index (χ1v) is 7.46. The molecule has 2 heterocycles.